The topological polar surface area (TPSA) is 90.8 Å². The summed E-state index contributed by atoms with van der Waals surface area (Å²) in [4.78, 5) is -0.534. The Morgan fingerprint density at radius 1 is 1.29 bits per heavy atom. The molecule has 28 heavy (non-hydrogen) atoms. The van der Waals surface area contributed by atoms with Crippen molar-refractivity contribution in [1.82, 2.24) is 14.0 Å². The van der Waals surface area contributed by atoms with Crippen molar-refractivity contribution in [2.24, 2.45) is 5.10 Å². The van der Waals surface area contributed by atoms with Crippen LogP contribution in [-0.2, 0) is 16.2 Å². The van der Waals surface area contributed by atoms with Gasteiger partial charge in [-0.05, 0) is 30.3 Å². The third-order valence-electron chi connectivity index (χ3n) is 3.85. The van der Waals surface area contributed by atoms with E-state index in [2.05, 4.69) is 10.2 Å². The molecule has 0 bridgehead atoms. The van der Waals surface area contributed by atoms with Crippen LogP contribution >= 0.6 is 0 Å². The van der Waals surface area contributed by atoms with Crippen molar-refractivity contribution < 1.29 is 21.6 Å². The number of nitrogens with zero attached hydrogens (tertiary/aromatic N) is 5. The lowest BCUT2D eigenvalue weighted by Gasteiger charge is -2.15. The Balaban J connectivity index is 1.92. The summed E-state index contributed by atoms with van der Waals surface area (Å²) in [7, 11) is -3.18. The maximum Gasteiger partial charge on any atom is 0.416 e. The largest absolute Gasteiger partial charge is 0.416 e. The summed E-state index contributed by atoms with van der Waals surface area (Å²) in [5.74, 6) is 0. The second-order valence-electron chi connectivity index (χ2n) is 5.67. The lowest BCUT2D eigenvalue weighted by molar-refractivity contribution is -0.137. The summed E-state index contributed by atoms with van der Waals surface area (Å²) >= 11 is 0. The number of aromatic nitrogens is 2. The number of pyridine rings is 1. The molecule has 2 heterocycles. The van der Waals surface area contributed by atoms with Gasteiger partial charge < -0.3 is 0 Å². The van der Waals surface area contributed by atoms with E-state index in [4.69, 9.17) is 5.26 Å². The molecule has 3 aromatic rings. The highest BCUT2D eigenvalue weighted by molar-refractivity contribution is 7.89. The van der Waals surface area contributed by atoms with Gasteiger partial charge in [-0.2, -0.15) is 41.5 Å². The van der Waals surface area contributed by atoms with Gasteiger partial charge in [-0.3, -0.25) is 0 Å². The van der Waals surface area contributed by atoms with Gasteiger partial charge in [0, 0.05) is 18.8 Å². The molecule has 0 aliphatic rings. The van der Waals surface area contributed by atoms with E-state index in [1.165, 1.54) is 16.9 Å². The molecule has 7 nitrogen and oxygen atoms in total. The second-order valence-corrected chi connectivity index (χ2v) is 7.62. The molecule has 0 saturated carbocycles. The Bertz CT molecular complexity index is 1210. The molecule has 2 aromatic heterocycles. The van der Waals surface area contributed by atoms with Crippen LogP contribution in [0.1, 0.15) is 16.7 Å². The summed E-state index contributed by atoms with van der Waals surface area (Å²) in [6.07, 6.45) is -0.476. The first-order chi connectivity index (χ1) is 13.1. The fraction of sp³-hybridized carbons (Fsp3) is 0.118. The normalized spacial score (nSPS) is 12.4. The third kappa shape index (κ3) is 3.67. The van der Waals surface area contributed by atoms with E-state index in [0.717, 1.165) is 25.2 Å². The summed E-state index contributed by atoms with van der Waals surface area (Å²) in [5, 5.41) is 16.8. The number of fused-ring (bicyclic) bond motifs is 1. The quantitative estimate of drug-likeness (QED) is 0.491. The van der Waals surface area contributed by atoms with Crippen molar-refractivity contribution in [3.05, 3.63) is 65.5 Å². The number of sulfonamides is 1. The average molecular weight is 407 g/mol. The molecule has 0 aliphatic heterocycles. The average Bonchev–Trinajstić information content (AvgIpc) is 3.07. The van der Waals surface area contributed by atoms with E-state index in [1.54, 1.807) is 18.3 Å². The number of halogens is 3. The maximum atomic E-state index is 12.8. The van der Waals surface area contributed by atoms with Gasteiger partial charge in [-0.25, -0.2) is 4.52 Å². The van der Waals surface area contributed by atoms with Crippen molar-refractivity contribution in [2.45, 2.75) is 11.1 Å². The summed E-state index contributed by atoms with van der Waals surface area (Å²) in [5.41, 5.74) is 0.265. The number of alkyl halides is 3. The molecular weight excluding hydrogens is 395 g/mol. The van der Waals surface area contributed by atoms with Gasteiger partial charge in [-0.1, -0.05) is 6.07 Å². The van der Waals surface area contributed by atoms with Gasteiger partial charge in [0.05, 0.1) is 40.0 Å². The van der Waals surface area contributed by atoms with Crippen molar-refractivity contribution in [3.63, 3.8) is 0 Å². The van der Waals surface area contributed by atoms with Crippen molar-refractivity contribution in [3.8, 4) is 6.07 Å². The smallest absolute Gasteiger partial charge is 0.240 e. The molecule has 0 radical (unpaired) electrons. The van der Waals surface area contributed by atoms with Crippen LogP contribution in [0.2, 0.25) is 0 Å². The van der Waals surface area contributed by atoms with Crippen molar-refractivity contribution in [1.29, 1.82) is 5.26 Å². The molecular formula is C17H12F3N5O2S. The first-order valence-electron chi connectivity index (χ1n) is 7.70. The van der Waals surface area contributed by atoms with E-state index in [-0.39, 0.29) is 0 Å². The Hall–Kier alpha value is -3.39. The molecule has 0 aliphatic carbocycles. The SMILES string of the molecule is CN(/N=C\c1cnn2ccc(C#N)cc12)S(=O)(=O)c1cccc(C(F)(F)F)c1. The van der Waals surface area contributed by atoms with Gasteiger partial charge in [0.25, 0.3) is 10.0 Å². The number of benzene rings is 1. The third-order valence-corrected chi connectivity index (χ3v) is 5.49. The number of rotatable bonds is 4. The van der Waals surface area contributed by atoms with Crippen LogP contribution in [-0.4, -0.2) is 35.7 Å². The zero-order chi connectivity index (χ0) is 20.5. The van der Waals surface area contributed by atoms with Crippen LogP contribution in [0.3, 0.4) is 0 Å². The van der Waals surface area contributed by atoms with Crippen LogP contribution < -0.4 is 0 Å². The van der Waals surface area contributed by atoms with E-state index >= 15 is 0 Å². The minimum absolute atomic E-state index is 0.382. The van der Waals surface area contributed by atoms with Crippen LogP contribution in [0.15, 0.2) is 58.8 Å². The molecule has 0 unspecified atom stereocenters. The highest BCUT2D eigenvalue weighted by Crippen LogP contribution is 2.31. The standard InChI is InChI=1S/C17H12F3N5O2S/c1-24(28(26,27)15-4-2-3-14(8-15)17(18,19)20)22-10-13-11-23-25-6-5-12(9-21)7-16(13)25/h2-8,10-11H,1H3/b22-10-. The van der Waals surface area contributed by atoms with Gasteiger partial charge in [0.15, 0.2) is 0 Å². The van der Waals surface area contributed by atoms with Crippen molar-refractivity contribution in [2.75, 3.05) is 7.05 Å². The van der Waals surface area contributed by atoms with Crippen molar-refractivity contribution >= 4 is 21.8 Å². The highest BCUT2D eigenvalue weighted by atomic mass is 32.2. The molecule has 0 saturated heterocycles. The summed E-state index contributed by atoms with van der Waals surface area (Å²) in [6, 6.07) is 8.51. The molecule has 144 valence electrons. The predicted octanol–water partition coefficient (Wildman–Crippen LogP) is 2.88. The lowest BCUT2D eigenvalue weighted by atomic mass is 10.2. The van der Waals surface area contributed by atoms with Crippen LogP contribution in [0, 0.1) is 11.3 Å². The van der Waals surface area contributed by atoms with Crippen LogP contribution in [0.5, 0.6) is 0 Å². The molecule has 0 fully saturated rings. The predicted molar refractivity (Wildman–Crippen MR) is 93.9 cm³/mol. The second kappa shape index (κ2) is 6.97. The van der Waals surface area contributed by atoms with E-state index in [1.807, 2.05) is 6.07 Å². The van der Waals surface area contributed by atoms with Crippen LogP contribution in [0.4, 0.5) is 13.2 Å². The molecule has 0 atom stereocenters. The molecule has 0 N–H and O–H groups in total. The fourth-order valence-corrected chi connectivity index (χ4v) is 3.36. The highest BCUT2D eigenvalue weighted by Gasteiger charge is 2.32. The lowest BCUT2D eigenvalue weighted by Crippen LogP contribution is -2.22. The molecule has 11 heteroatoms. The molecule has 3 rings (SSSR count). The first kappa shape index (κ1) is 19.4. The Kier molecular flexibility index (Phi) is 4.82. The van der Waals surface area contributed by atoms with E-state index in [0.29, 0.717) is 27.1 Å². The van der Waals surface area contributed by atoms with E-state index in [9.17, 15) is 21.6 Å². The molecule has 0 amide bonds. The molecule has 1 aromatic carbocycles. The monoisotopic (exact) mass is 407 g/mol. The minimum Gasteiger partial charge on any atom is -0.240 e. The van der Waals surface area contributed by atoms with Gasteiger partial charge in [0.1, 0.15) is 0 Å². The fourth-order valence-electron chi connectivity index (χ4n) is 2.36. The zero-order valence-corrected chi connectivity index (χ0v) is 15.1. The number of hydrogen-bond donors (Lipinski definition) is 0. The zero-order valence-electron chi connectivity index (χ0n) is 14.3. The molecule has 0 spiro atoms. The Morgan fingerprint density at radius 2 is 2.04 bits per heavy atom. The Morgan fingerprint density at radius 3 is 2.71 bits per heavy atom. The van der Waals surface area contributed by atoms with Gasteiger partial charge in [0.2, 0.25) is 0 Å². The number of hydrogen-bond acceptors (Lipinski definition) is 5. The number of hydrazone groups is 1. The van der Waals surface area contributed by atoms with Gasteiger partial charge in [-0.15, -0.1) is 0 Å². The Labute approximate surface area is 158 Å². The first-order valence-corrected chi connectivity index (χ1v) is 9.14. The maximum absolute atomic E-state index is 12.8. The summed E-state index contributed by atoms with van der Waals surface area (Å²) in [6.45, 7) is 0. The number of nitriles is 1. The van der Waals surface area contributed by atoms with Gasteiger partial charge >= 0.3 is 6.18 Å². The van der Waals surface area contributed by atoms with Crippen LogP contribution in [0.25, 0.3) is 5.52 Å². The minimum atomic E-state index is -4.66. The van der Waals surface area contributed by atoms with E-state index < -0.39 is 26.7 Å². The summed E-state index contributed by atoms with van der Waals surface area (Å²) < 4.78 is 65.6.